The van der Waals surface area contributed by atoms with Crippen LogP contribution in [0.5, 0.6) is 0 Å². The van der Waals surface area contributed by atoms with Gasteiger partial charge in [0.05, 0.1) is 17.2 Å². The molecule has 0 amide bonds. The average Bonchev–Trinajstić information content (AvgIpc) is 3.26. The minimum absolute atomic E-state index is 0.0699. The first-order valence-electron chi connectivity index (χ1n) is 8.54. The maximum atomic E-state index is 11.8. The van der Waals surface area contributed by atoms with Crippen molar-refractivity contribution in [3.8, 4) is 11.3 Å². The van der Waals surface area contributed by atoms with Gasteiger partial charge >= 0.3 is 0 Å². The van der Waals surface area contributed by atoms with Gasteiger partial charge in [0.25, 0.3) is 0 Å². The van der Waals surface area contributed by atoms with Gasteiger partial charge in [0.15, 0.2) is 15.0 Å². The molecule has 4 rings (SSSR count). The van der Waals surface area contributed by atoms with Gasteiger partial charge < -0.3 is 9.47 Å². The molecule has 4 heterocycles. The van der Waals surface area contributed by atoms with Crippen molar-refractivity contribution in [3.05, 3.63) is 22.8 Å². The molecule has 7 heteroatoms. The quantitative estimate of drug-likeness (QED) is 0.838. The van der Waals surface area contributed by atoms with E-state index in [2.05, 4.69) is 34.8 Å². The summed E-state index contributed by atoms with van der Waals surface area (Å²) in [6, 6.07) is 2.23. The van der Waals surface area contributed by atoms with Gasteiger partial charge in [-0.3, -0.25) is 0 Å². The number of hydrogen-bond donors (Lipinski definition) is 0. The first-order chi connectivity index (χ1) is 11.4. The van der Waals surface area contributed by atoms with E-state index in [9.17, 15) is 8.42 Å². The summed E-state index contributed by atoms with van der Waals surface area (Å²) in [4.78, 5) is 7.20. The van der Waals surface area contributed by atoms with Gasteiger partial charge in [-0.25, -0.2) is 13.4 Å². The van der Waals surface area contributed by atoms with E-state index in [4.69, 9.17) is 4.98 Å². The topological polar surface area (TPSA) is 55.2 Å². The van der Waals surface area contributed by atoms with E-state index in [-0.39, 0.29) is 11.8 Å². The van der Waals surface area contributed by atoms with Crippen molar-refractivity contribution in [2.45, 2.75) is 39.2 Å². The van der Waals surface area contributed by atoms with Crippen LogP contribution in [-0.4, -0.2) is 42.6 Å². The first-order valence-corrected chi connectivity index (χ1v) is 11.2. The van der Waals surface area contributed by atoms with E-state index < -0.39 is 9.84 Å². The molecule has 0 aliphatic carbocycles. The highest BCUT2D eigenvalue weighted by Gasteiger charge is 2.31. The minimum atomic E-state index is -2.88. The summed E-state index contributed by atoms with van der Waals surface area (Å²) in [5.74, 6) is 0.568. The van der Waals surface area contributed by atoms with Gasteiger partial charge in [0, 0.05) is 41.5 Å². The van der Waals surface area contributed by atoms with Crippen molar-refractivity contribution >= 4 is 26.3 Å². The molecule has 0 aromatic carbocycles. The van der Waals surface area contributed by atoms with Crippen LogP contribution in [0.1, 0.15) is 36.7 Å². The standard InChI is InChI=1S/C17H23N3O2S2/c1-12-9-15(13(2)20(12)14-5-8-24(21,22)11-14)16-10-23-17(18-16)19-6-3-4-7-19/h9-10,14H,3-8,11H2,1-2H3/t14-/m1/s1. The lowest BCUT2D eigenvalue weighted by Crippen LogP contribution is -2.17. The van der Waals surface area contributed by atoms with E-state index in [1.165, 1.54) is 12.8 Å². The van der Waals surface area contributed by atoms with E-state index in [1.54, 1.807) is 11.3 Å². The van der Waals surface area contributed by atoms with Crippen LogP contribution in [0.25, 0.3) is 11.3 Å². The molecule has 24 heavy (non-hydrogen) atoms. The predicted molar refractivity (Wildman–Crippen MR) is 98.8 cm³/mol. The monoisotopic (exact) mass is 365 g/mol. The lowest BCUT2D eigenvalue weighted by atomic mass is 10.2. The molecular weight excluding hydrogens is 342 g/mol. The third kappa shape index (κ3) is 2.77. The van der Waals surface area contributed by atoms with Crippen LogP contribution >= 0.6 is 11.3 Å². The Hall–Kier alpha value is -1.34. The number of hydrogen-bond acceptors (Lipinski definition) is 5. The van der Waals surface area contributed by atoms with Crippen molar-refractivity contribution < 1.29 is 8.42 Å². The molecule has 130 valence electrons. The van der Waals surface area contributed by atoms with E-state index in [0.717, 1.165) is 40.9 Å². The number of aryl methyl sites for hydroxylation is 1. The molecule has 0 saturated carbocycles. The number of aromatic nitrogens is 2. The summed E-state index contributed by atoms with van der Waals surface area (Å²) in [6.07, 6.45) is 3.22. The molecule has 5 nitrogen and oxygen atoms in total. The fourth-order valence-corrected chi connectivity index (χ4v) is 6.60. The summed E-state index contributed by atoms with van der Waals surface area (Å²) >= 11 is 1.71. The zero-order valence-electron chi connectivity index (χ0n) is 14.2. The lowest BCUT2D eigenvalue weighted by molar-refractivity contribution is 0.536. The zero-order chi connectivity index (χ0) is 16.9. The highest BCUT2D eigenvalue weighted by atomic mass is 32.2. The smallest absolute Gasteiger partial charge is 0.185 e. The second-order valence-corrected chi connectivity index (χ2v) is 9.99. The number of rotatable bonds is 3. The van der Waals surface area contributed by atoms with Gasteiger partial charge in [-0.05, 0) is 39.2 Å². The van der Waals surface area contributed by atoms with Crippen molar-refractivity contribution in [2.24, 2.45) is 0 Å². The van der Waals surface area contributed by atoms with Crippen LogP contribution in [0.2, 0.25) is 0 Å². The van der Waals surface area contributed by atoms with Crippen molar-refractivity contribution in [1.29, 1.82) is 0 Å². The Morgan fingerprint density at radius 1 is 1.25 bits per heavy atom. The summed E-state index contributed by atoms with van der Waals surface area (Å²) in [5, 5.41) is 3.24. The van der Waals surface area contributed by atoms with Crippen molar-refractivity contribution in [1.82, 2.24) is 9.55 Å². The molecule has 2 aromatic rings. The lowest BCUT2D eigenvalue weighted by Gasteiger charge is -2.16. The molecule has 2 saturated heterocycles. The van der Waals surface area contributed by atoms with Gasteiger partial charge in [0.2, 0.25) is 0 Å². The van der Waals surface area contributed by atoms with E-state index in [0.29, 0.717) is 12.2 Å². The minimum Gasteiger partial charge on any atom is -0.348 e. The van der Waals surface area contributed by atoms with Crippen LogP contribution in [0, 0.1) is 13.8 Å². The maximum absolute atomic E-state index is 11.8. The Morgan fingerprint density at radius 3 is 2.67 bits per heavy atom. The van der Waals surface area contributed by atoms with Crippen molar-refractivity contribution in [2.75, 3.05) is 29.5 Å². The van der Waals surface area contributed by atoms with E-state index >= 15 is 0 Å². The third-order valence-corrected chi connectivity index (χ3v) is 7.85. The van der Waals surface area contributed by atoms with Crippen LogP contribution in [-0.2, 0) is 9.84 Å². The average molecular weight is 366 g/mol. The molecule has 0 radical (unpaired) electrons. The molecular formula is C17H23N3O2S2. The molecule has 2 aromatic heterocycles. The fourth-order valence-electron chi connectivity index (χ4n) is 4.02. The highest BCUT2D eigenvalue weighted by Crippen LogP contribution is 2.35. The predicted octanol–water partition coefficient (Wildman–Crippen LogP) is 3.19. The van der Waals surface area contributed by atoms with Gasteiger partial charge in [0.1, 0.15) is 0 Å². The summed E-state index contributed by atoms with van der Waals surface area (Å²) in [5.41, 5.74) is 4.41. The molecule has 0 bridgehead atoms. The Balaban J connectivity index is 1.66. The van der Waals surface area contributed by atoms with Crippen LogP contribution in [0.3, 0.4) is 0 Å². The van der Waals surface area contributed by atoms with Crippen LogP contribution in [0.4, 0.5) is 5.13 Å². The summed E-state index contributed by atoms with van der Waals surface area (Å²) < 4.78 is 25.9. The SMILES string of the molecule is Cc1cc(-c2csc(N3CCCC3)n2)c(C)n1[C@@H]1CCS(=O)(=O)C1. The fraction of sp³-hybridized carbons (Fsp3) is 0.588. The molecule has 2 aliphatic rings. The number of thiazole rings is 1. The summed E-state index contributed by atoms with van der Waals surface area (Å²) in [6.45, 7) is 6.36. The Morgan fingerprint density at radius 2 is 2.00 bits per heavy atom. The molecule has 0 spiro atoms. The molecule has 1 atom stereocenters. The second kappa shape index (κ2) is 5.88. The molecule has 0 unspecified atom stereocenters. The Kier molecular flexibility index (Phi) is 3.95. The van der Waals surface area contributed by atoms with E-state index in [1.807, 2.05) is 0 Å². The Bertz CT molecular complexity index is 861. The number of sulfone groups is 1. The van der Waals surface area contributed by atoms with Gasteiger partial charge in [-0.15, -0.1) is 11.3 Å². The van der Waals surface area contributed by atoms with Crippen LogP contribution in [0.15, 0.2) is 11.4 Å². The Labute approximate surface area is 147 Å². The number of anilines is 1. The summed E-state index contributed by atoms with van der Waals surface area (Å²) in [7, 11) is -2.88. The van der Waals surface area contributed by atoms with Gasteiger partial charge in [-0.1, -0.05) is 0 Å². The zero-order valence-corrected chi connectivity index (χ0v) is 15.8. The largest absolute Gasteiger partial charge is 0.348 e. The highest BCUT2D eigenvalue weighted by molar-refractivity contribution is 7.91. The third-order valence-electron chi connectivity index (χ3n) is 5.20. The first kappa shape index (κ1) is 16.1. The van der Waals surface area contributed by atoms with Gasteiger partial charge in [-0.2, -0.15) is 0 Å². The second-order valence-electron chi connectivity index (χ2n) is 6.92. The van der Waals surface area contributed by atoms with Crippen LogP contribution < -0.4 is 4.90 Å². The normalized spacial score (nSPS) is 23.2. The molecule has 2 aliphatic heterocycles. The molecule has 2 fully saturated rings. The maximum Gasteiger partial charge on any atom is 0.185 e. The van der Waals surface area contributed by atoms with Crippen molar-refractivity contribution in [3.63, 3.8) is 0 Å². The number of nitrogens with zero attached hydrogens (tertiary/aromatic N) is 3. The molecule has 0 N–H and O–H groups in total.